The highest BCUT2D eigenvalue weighted by atomic mass is 32.1. The zero-order chi connectivity index (χ0) is 32.5. The number of pyridine rings is 1. The number of carbonyl (C=O) groups is 1. The molecule has 16 heteroatoms. The molecule has 47 heavy (non-hydrogen) atoms. The van der Waals surface area contributed by atoms with Crippen LogP contribution < -0.4 is 14.5 Å². The highest BCUT2D eigenvalue weighted by Crippen LogP contribution is 2.39. The fourth-order valence-corrected chi connectivity index (χ4v) is 6.48. The molecular formula is C31H28F2N8O5S. The number of halogens is 2. The van der Waals surface area contributed by atoms with Gasteiger partial charge in [-0.3, -0.25) is 4.98 Å². The number of hydrogen-bond acceptors (Lipinski definition) is 13. The monoisotopic (exact) mass is 662 g/mol. The Morgan fingerprint density at radius 1 is 1.17 bits per heavy atom. The van der Waals surface area contributed by atoms with E-state index in [0.29, 0.717) is 48.2 Å². The van der Waals surface area contributed by atoms with Crippen LogP contribution in [-0.2, 0) is 14.3 Å². The third-order valence-electron chi connectivity index (χ3n) is 8.34. The van der Waals surface area contributed by atoms with Crippen molar-refractivity contribution in [2.45, 2.75) is 43.6 Å². The summed E-state index contributed by atoms with van der Waals surface area (Å²) in [6, 6.07) is 4.08. The van der Waals surface area contributed by atoms with Crippen molar-refractivity contribution < 1.29 is 32.9 Å². The quantitative estimate of drug-likeness (QED) is 0.289. The van der Waals surface area contributed by atoms with Crippen LogP contribution in [0.1, 0.15) is 36.9 Å². The molecule has 7 heterocycles. The minimum Gasteiger partial charge on any atom is -0.480 e. The van der Waals surface area contributed by atoms with E-state index in [4.69, 9.17) is 14.2 Å². The molecule has 13 nitrogen and oxygen atoms in total. The van der Waals surface area contributed by atoms with Gasteiger partial charge < -0.3 is 29.1 Å². The Labute approximate surface area is 271 Å². The third-order valence-corrected chi connectivity index (χ3v) is 9.21. The van der Waals surface area contributed by atoms with Crippen LogP contribution in [0, 0.1) is 11.8 Å². The van der Waals surface area contributed by atoms with Crippen LogP contribution in [0.15, 0.2) is 48.4 Å². The van der Waals surface area contributed by atoms with E-state index in [9.17, 15) is 18.7 Å². The molecule has 1 spiro atoms. The van der Waals surface area contributed by atoms with Crippen LogP contribution in [-0.4, -0.2) is 97.7 Å². The second-order valence-electron chi connectivity index (χ2n) is 11.2. The highest BCUT2D eigenvalue weighted by molar-refractivity contribution is 7.13. The molecule has 1 N–H and O–H groups in total. The summed E-state index contributed by atoms with van der Waals surface area (Å²) in [5.41, 5.74) is 1.29. The van der Waals surface area contributed by atoms with Gasteiger partial charge in [0.05, 0.1) is 43.5 Å². The maximum absolute atomic E-state index is 13.8. The molecule has 0 aliphatic carbocycles. The lowest BCUT2D eigenvalue weighted by Gasteiger charge is -2.53. The average molecular weight is 663 g/mol. The van der Waals surface area contributed by atoms with E-state index in [2.05, 4.69) is 46.6 Å². The van der Waals surface area contributed by atoms with Crippen LogP contribution in [0.25, 0.3) is 10.7 Å². The van der Waals surface area contributed by atoms with Crippen molar-refractivity contribution in [2.75, 3.05) is 42.7 Å². The lowest BCUT2D eigenvalue weighted by Crippen LogP contribution is -2.68. The van der Waals surface area contributed by atoms with Gasteiger partial charge in [0.2, 0.25) is 17.7 Å². The lowest BCUT2D eigenvalue weighted by atomic mass is 9.90. The van der Waals surface area contributed by atoms with Crippen LogP contribution in [0.2, 0.25) is 0 Å². The first kappa shape index (κ1) is 30.8. The first-order chi connectivity index (χ1) is 22.8. The van der Waals surface area contributed by atoms with Crippen molar-refractivity contribution in [3.63, 3.8) is 0 Å². The minimum absolute atomic E-state index is 0.0132. The summed E-state index contributed by atoms with van der Waals surface area (Å²) in [4.78, 5) is 41.6. The molecule has 0 saturated carbocycles. The van der Waals surface area contributed by atoms with Gasteiger partial charge in [-0.05, 0) is 30.4 Å². The van der Waals surface area contributed by atoms with Gasteiger partial charge in [-0.2, -0.15) is 9.97 Å². The number of anilines is 2. The van der Waals surface area contributed by atoms with Gasteiger partial charge in [-0.1, -0.05) is 12.0 Å². The van der Waals surface area contributed by atoms with Gasteiger partial charge in [0.1, 0.15) is 29.1 Å². The second kappa shape index (κ2) is 12.7. The molecule has 0 amide bonds. The minimum atomic E-state index is -2.98. The molecule has 242 valence electrons. The van der Waals surface area contributed by atoms with E-state index < -0.39 is 36.0 Å². The van der Waals surface area contributed by atoms with E-state index in [0.717, 1.165) is 0 Å². The Kier molecular flexibility index (Phi) is 8.35. The maximum Gasteiger partial charge on any atom is 0.326 e. The van der Waals surface area contributed by atoms with Gasteiger partial charge >= 0.3 is 5.97 Å². The molecule has 3 fully saturated rings. The summed E-state index contributed by atoms with van der Waals surface area (Å²) in [6.07, 6.45) is 2.63. The van der Waals surface area contributed by atoms with Gasteiger partial charge in [0, 0.05) is 37.1 Å². The third kappa shape index (κ3) is 6.16. The van der Waals surface area contributed by atoms with E-state index in [1.54, 1.807) is 42.3 Å². The predicted molar refractivity (Wildman–Crippen MR) is 164 cm³/mol. The van der Waals surface area contributed by atoms with Crippen molar-refractivity contribution in [2.24, 2.45) is 0 Å². The van der Waals surface area contributed by atoms with Crippen LogP contribution in [0.4, 0.5) is 20.4 Å². The standard InChI is InChI=1S/C31H28F2N8O5S/c1-18-31(16-44-17-31)45-9-8-40(18)22-11-19(4-5-20-14-34-6-7-35-20)13-36-28(22)46-21-12-23(29(42)43)41(15-21)30-38-26(24-3-2-10-47-24)37-27(39-30)25(32)33/h2-3,6-7,10-11,13-14,18,21,23,25H,8-9,12,15-17H2,1H3,(H,42,43)/t18-,21-,23-/m0/s1. The van der Waals surface area contributed by atoms with Gasteiger partial charge in [0.15, 0.2) is 5.82 Å². The first-order valence-corrected chi connectivity index (χ1v) is 15.7. The van der Waals surface area contributed by atoms with E-state index in [1.165, 1.54) is 16.2 Å². The Balaban J connectivity index is 1.21. The summed E-state index contributed by atoms with van der Waals surface area (Å²) in [5.74, 6) is 4.35. The van der Waals surface area contributed by atoms with Gasteiger partial charge in [0.25, 0.3) is 6.43 Å². The Morgan fingerprint density at radius 2 is 2.04 bits per heavy atom. The van der Waals surface area contributed by atoms with Crippen molar-refractivity contribution in [3.8, 4) is 28.4 Å². The maximum atomic E-state index is 13.8. The number of ether oxygens (including phenoxy) is 3. The summed E-state index contributed by atoms with van der Waals surface area (Å²) in [7, 11) is 0. The molecule has 4 aromatic heterocycles. The average Bonchev–Trinajstić information content (AvgIpc) is 3.75. The summed E-state index contributed by atoms with van der Waals surface area (Å²) in [6.45, 7) is 3.98. The van der Waals surface area contributed by atoms with Crippen molar-refractivity contribution in [1.29, 1.82) is 0 Å². The molecule has 0 bridgehead atoms. The summed E-state index contributed by atoms with van der Waals surface area (Å²) < 4.78 is 45.8. The number of aliphatic carboxylic acids is 1. The zero-order valence-corrected chi connectivity index (χ0v) is 25.8. The molecule has 3 atom stereocenters. The van der Waals surface area contributed by atoms with Crippen molar-refractivity contribution in [3.05, 3.63) is 65.4 Å². The smallest absolute Gasteiger partial charge is 0.326 e. The van der Waals surface area contributed by atoms with E-state index in [-0.39, 0.29) is 36.7 Å². The lowest BCUT2D eigenvalue weighted by molar-refractivity contribution is -0.228. The van der Waals surface area contributed by atoms with Crippen molar-refractivity contribution in [1.82, 2.24) is 29.9 Å². The fourth-order valence-electron chi connectivity index (χ4n) is 5.83. The zero-order valence-electron chi connectivity index (χ0n) is 25.0. The van der Waals surface area contributed by atoms with E-state index >= 15 is 0 Å². The number of thiophene rings is 1. The van der Waals surface area contributed by atoms with Gasteiger partial charge in [-0.25, -0.2) is 28.5 Å². The molecule has 0 aromatic carbocycles. The molecule has 0 radical (unpaired) electrons. The van der Waals surface area contributed by atoms with Crippen LogP contribution in [0.3, 0.4) is 0 Å². The Bertz CT molecular complexity index is 1820. The first-order valence-electron chi connectivity index (χ1n) is 14.8. The number of nitrogens with zero attached hydrogens (tertiary/aromatic N) is 8. The number of morpholine rings is 1. The number of carboxylic acid groups (broad SMARTS) is 1. The Morgan fingerprint density at radius 3 is 2.74 bits per heavy atom. The van der Waals surface area contributed by atoms with Crippen molar-refractivity contribution >= 4 is 28.9 Å². The van der Waals surface area contributed by atoms with Crippen LogP contribution in [0.5, 0.6) is 5.88 Å². The molecule has 3 aliphatic rings. The Hall–Kier alpha value is -4.85. The largest absolute Gasteiger partial charge is 0.480 e. The molecule has 3 aliphatic heterocycles. The van der Waals surface area contributed by atoms with E-state index in [1.807, 2.05) is 13.0 Å². The van der Waals surface area contributed by atoms with Crippen LogP contribution >= 0.6 is 11.3 Å². The highest BCUT2D eigenvalue weighted by Gasteiger charge is 2.50. The number of alkyl halides is 2. The summed E-state index contributed by atoms with van der Waals surface area (Å²) in [5, 5.41) is 11.9. The number of aromatic nitrogens is 6. The normalized spacial score (nSPS) is 21.7. The molecule has 4 aromatic rings. The summed E-state index contributed by atoms with van der Waals surface area (Å²) >= 11 is 1.28. The SMILES string of the molecule is C[C@@H]1N(c2cc(C#Cc3cnccn3)cnc2O[C@H]2C[C@@H](C(=O)O)N(c3nc(-c4cccs4)nc(C(F)F)n3)C2)CCOC12COC2. The molecule has 0 unspecified atom stereocenters. The van der Waals surface area contributed by atoms with Gasteiger partial charge in [-0.15, -0.1) is 11.3 Å². The predicted octanol–water partition coefficient (Wildman–Crippen LogP) is 3.23. The number of hydrogen-bond donors (Lipinski definition) is 1. The molecule has 3 saturated heterocycles. The number of carboxylic acids is 1. The second-order valence-corrected chi connectivity index (χ2v) is 12.2. The number of rotatable bonds is 7. The molecule has 7 rings (SSSR count). The topological polar surface area (TPSA) is 149 Å². The molecular weight excluding hydrogens is 634 g/mol. The fraction of sp³-hybridized carbons (Fsp3) is 0.387.